The first kappa shape index (κ1) is 18.9. The molecule has 0 unspecified atom stereocenters. The number of benzene rings is 1. The highest BCUT2D eigenvalue weighted by molar-refractivity contribution is 5.76. The zero-order valence-corrected chi connectivity index (χ0v) is 15.8. The summed E-state index contributed by atoms with van der Waals surface area (Å²) in [6.07, 6.45) is 2.64. The van der Waals surface area contributed by atoms with Gasteiger partial charge in [-0.2, -0.15) is 10.1 Å². The molecule has 0 amide bonds. The van der Waals surface area contributed by atoms with Gasteiger partial charge in [-0.15, -0.1) is 5.10 Å². The van der Waals surface area contributed by atoms with Crippen LogP contribution in [0.4, 0.5) is 14.7 Å². The van der Waals surface area contributed by atoms with Crippen LogP contribution in [0.3, 0.4) is 0 Å². The van der Waals surface area contributed by atoms with Crippen LogP contribution < -0.4 is 5.32 Å². The van der Waals surface area contributed by atoms with E-state index in [4.69, 9.17) is 4.98 Å². The van der Waals surface area contributed by atoms with Crippen molar-refractivity contribution >= 4 is 11.6 Å². The van der Waals surface area contributed by atoms with Crippen LogP contribution in [0.5, 0.6) is 0 Å². The molecule has 0 saturated heterocycles. The van der Waals surface area contributed by atoms with Crippen LogP contribution in [-0.4, -0.2) is 47.1 Å². The van der Waals surface area contributed by atoms with Gasteiger partial charge in [0.05, 0.1) is 24.7 Å². The van der Waals surface area contributed by atoms with E-state index >= 15 is 0 Å². The fourth-order valence-corrected chi connectivity index (χ4v) is 2.89. The van der Waals surface area contributed by atoms with Crippen LogP contribution >= 0.6 is 0 Å². The van der Waals surface area contributed by atoms with Crippen LogP contribution in [0.25, 0.3) is 28.2 Å². The van der Waals surface area contributed by atoms with Gasteiger partial charge >= 0.3 is 0 Å². The maximum absolute atomic E-state index is 12.9. The van der Waals surface area contributed by atoms with E-state index in [1.54, 1.807) is 40.8 Å². The lowest BCUT2D eigenvalue weighted by atomic mass is 10.1. The van der Waals surface area contributed by atoms with Gasteiger partial charge < -0.3 is 10.4 Å². The Labute approximate surface area is 164 Å². The Balaban J connectivity index is 1.85. The standard InChI is InChI=1S/C19H19F2N7O/c1-11(10-29)23-19-25-18-16(14-7-22-27(2)8-14)24-15(9-28(18)26-19)12-3-5-13(6-4-12)17(20)21/h3-9,11,17,29H,10H2,1-2H3,(H,23,26)/t11-/m0/s1. The van der Waals surface area contributed by atoms with Gasteiger partial charge in [-0.1, -0.05) is 24.3 Å². The average Bonchev–Trinajstić information content (AvgIpc) is 3.32. The molecule has 3 heterocycles. The first-order valence-corrected chi connectivity index (χ1v) is 8.97. The van der Waals surface area contributed by atoms with E-state index in [2.05, 4.69) is 20.5 Å². The van der Waals surface area contributed by atoms with E-state index in [9.17, 15) is 13.9 Å². The Bertz CT molecular complexity index is 1140. The molecule has 0 fully saturated rings. The fraction of sp³-hybridized carbons (Fsp3) is 0.263. The lowest BCUT2D eigenvalue weighted by Gasteiger charge is -2.06. The second-order valence-electron chi connectivity index (χ2n) is 6.73. The number of aliphatic hydroxyl groups excluding tert-OH is 1. The molecule has 0 bridgehead atoms. The molecule has 0 saturated carbocycles. The molecule has 2 N–H and O–H groups in total. The molecule has 1 aromatic carbocycles. The Kier molecular flexibility index (Phi) is 4.93. The quantitative estimate of drug-likeness (QED) is 0.518. The normalized spacial score (nSPS) is 12.6. The average molecular weight is 399 g/mol. The molecule has 4 aromatic rings. The minimum Gasteiger partial charge on any atom is -0.394 e. The van der Waals surface area contributed by atoms with E-state index in [0.29, 0.717) is 28.5 Å². The van der Waals surface area contributed by atoms with Crippen molar-refractivity contribution in [1.82, 2.24) is 29.4 Å². The second-order valence-corrected chi connectivity index (χ2v) is 6.73. The molecule has 0 aliphatic carbocycles. The van der Waals surface area contributed by atoms with Gasteiger partial charge in [-0.3, -0.25) is 4.68 Å². The van der Waals surface area contributed by atoms with Crippen LogP contribution in [0.15, 0.2) is 42.9 Å². The lowest BCUT2D eigenvalue weighted by Crippen LogP contribution is -2.20. The van der Waals surface area contributed by atoms with Crippen molar-refractivity contribution < 1.29 is 13.9 Å². The largest absolute Gasteiger partial charge is 0.394 e. The Morgan fingerprint density at radius 2 is 1.86 bits per heavy atom. The van der Waals surface area contributed by atoms with Crippen molar-refractivity contribution in [3.63, 3.8) is 0 Å². The number of hydrogen-bond donors (Lipinski definition) is 2. The minimum atomic E-state index is -2.53. The predicted octanol–water partition coefficient (Wildman–Crippen LogP) is 2.92. The maximum atomic E-state index is 12.9. The zero-order valence-electron chi connectivity index (χ0n) is 15.8. The molecule has 10 heteroatoms. The first-order valence-electron chi connectivity index (χ1n) is 8.97. The number of aliphatic hydroxyl groups is 1. The number of hydrogen-bond acceptors (Lipinski definition) is 6. The third-order valence-electron chi connectivity index (χ3n) is 4.41. The second kappa shape index (κ2) is 7.55. The molecule has 0 aliphatic heterocycles. The fourth-order valence-electron chi connectivity index (χ4n) is 2.89. The molecular weight excluding hydrogens is 380 g/mol. The topological polar surface area (TPSA) is 93.2 Å². The summed E-state index contributed by atoms with van der Waals surface area (Å²) in [5, 5.41) is 20.9. The van der Waals surface area contributed by atoms with E-state index in [1.165, 1.54) is 12.1 Å². The highest BCUT2D eigenvalue weighted by Crippen LogP contribution is 2.28. The molecule has 0 aliphatic rings. The molecule has 8 nitrogen and oxygen atoms in total. The Hall–Kier alpha value is -3.40. The highest BCUT2D eigenvalue weighted by Gasteiger charge is 2.17. The highest BCUT2D eigenvalue weighted by atomic mass is 19.3. The minimum absolute atomic E-state index is 0.0486. The third kappa shape index (κ3) is 3.79. The number of nitrogens with zero attached hydrogens (tertiary/aromatic N) is 6. The SMILES string of the molecule is C[C@@H](CO)Nc1nc2c(-c3cnn(C)c3)nc(-c3ccc(C(F)F)cc3)cn2n1. The van der Waals surface area contributed by atoms with Gasteiger partial charge in [0.15, 0.2) is 5.65 Å². The maximum Gasteiger partial charge on any atom is 0.263 e. The van der Waals surface area contributed by atoms with Crippen molar-refractivity contribution in [3.8, 4) is 22.5 Å². The van der Waals surface area contributed by atoms with Crippen molar-refractivity contribution in [1.29, 1.82) is 0 Å². The molecule has 3 aromatic heterocycles. The Morgan fingerprint density at radius 1 is 1.10 bits per heavy atom. The summed E-state index contributed by atoms with van der Waals surface area (Å²) < 4.78 is 29.0. The van der Waals surface area contributed by atoms with Gasteiger partial charge in [-0.05, 0) is 6.92 Å². The third-order valence-corrected chi connectivity index (χ3v) is 4.41. The number of aromatic nitrogens is 6. The summed E-state index contributed by atoms with van der Waals surface area (Å²) in [7, 11) is 1.80. The lowest BCUT2D eigenvalue weighted by molar-refractivity contribution is 0.151. The number of rotatable bonds is 6. The monoisotopic (exact) mass is 399 g/mol. The van der Waals surface area contributed by atoms with Gasteiger partial charge in [-0.25, -0.2) is 18.3 Å². The van der Waals surface area contributed by atoms with Crippen LogP contribution in [0, 0.1) is 0 Å². The first-order chi connectivity index (χ1) is 13.9. The number of nitrogens with one attached hydrogen (secondary N) is 1. The van der Waals surface area contributed by atoms with Crippen LogP contribution in [0.2, 0.25) is 0 Å². The van der Waals surface area contributed by atoms with E-state index < -0.39 is 6.43 Å². The molecule has 1 atom stereocenters. The van der Waals surface area contributed by atoms with Crippen LogP contribution in [-0.2, 0) is 7.05 Å². The summed E-state index contributed by atoms with van der Waals surface area (Å²) in [5.74, 6) is 0.351. The van der Waals surface area contributed by atoms with E-state index in [0.717, 1.165) is 5.56 Å². The summed E-state index contributed by atoms with van der Waals surface area (Å²) in [6.45, 7) is 1.74. The molecule has 0 spiro atoms. The number of halogens is 2. The predicted molar refractivity (Wildman–Crippen MR) is 104 cm³/mol. The number of anilines is 1. The summed E-state index contributed by atoms with van der Waals surface area (Å²) in [6, 6.07) is 5.75. The Morgan fingerprint density at radius 3 is 2.48 bits per heavy atom. The number of alkyl halides is 2. The molecular formula is C19H19F2N7O. The van der Waals surface area contributed by atoms with Gasteiger partial charge in [0.2, 0.25) is 5.95 Å². The molecule has 4 rings (SSSR count). The van der Waals surface area contributed by atoms with Crippen molar-refractivity contribution in [2.75, 3.05) is 11.9 Å². The zero-order chi connectivity index (χ0) is 20.5. The molecule has 29 heavy (non-hydrogen) atoms. The van der Waals surface area contributed by atoms with E-state index in [-0.39, 0.29) is 18.2 Å². The van der Waals surface area contributed by atoms with Crippen molar-refractivity contribution in [2.24, 2.45) is 7.05 Å². The smallest absolute Gasteiger partial charge is 0.263 e. The van der Waals surface area contributed by atoms with Gasteiger partial charge in [0.1, 0.15) is 5.69 Å². The van der Waals surface area contributed by atoms with E-state index in [1.807, 2.05) is 13.1 Å². The van der Waals surface area contributed by atoms with Crippen molar-refractivity contribution in [3.05, 3.63) is 48.4 Å². The van der Waals surface area contributed by atoms with Gasteiger partial charge in [0.25, 0.3) is 6.43 Å². The number of fused-ring (bicyclic) bond motifs is 1. The summed E-state index contributed by atoms with van der Waals surface area (Å²) in [5.41, 5.74) is 3.01. The van der Waals surface area contributed by atoms with Gasteiger partial charge in [0, 0.05) is 36.0 Å². The molecule has 150 valence electrons. The van der Waals surface area contributed by atoms with Crippen molar-refractivity contribution in [2.45, 2.75) is 19.4 Å². The van der Waals surface area contributed by atoms with Crippen LogP contribution in [0.1, 0.15) is 18.9 Å². The summed E-state index contributed by atoms with van der Waals surface area (Å²) in [4.78, 5) is 9.19. The summed E-state index contributed by atoms with van der Waals surface area (Å²) >= 11 is 0. The molecule has 0 radical (unpaired) electrons. The number of aryl methyl sites for hydroxylation is 1.